The number of oxazole rings is 1. The lowest BCUT2D eigenvalue weighted by atomic mass is 10.2. The molecular formula is C17H13N3O4S. The molecule has 2 heterocycles. The molecule has 0 unspecified atom stereocenters. The molecule has 8 heteroatoms. The van der Waals surface area contributed by atoms with Crippen molar-refractivity contribution in [2.24, 2.45) is 0 Å². The van der Waals surface area contributed by atoms with Gasteiger partial charge < -0.3 is 15.1 Å². The van der Waals surface area contributed by atoms with Gasteiger partial charge in [-0.15, -0.1) is 11.8 Å². The van der Waals surface area contributed by atoms with Gasteiger partial charge >= 0.3 is 5.76 Å². The van der Waals surface area contributed by atoms with E-state index >= 15 is 0 Å². The fourth-order valence-electron chi connectivity index (χ4n) is 2.67. The van der Waals surface area contributed by atoms with Crippen molar-refractivity contribution < 1.29 is 14.0 Å². The van der Waals surface area contributed by atoms with Crippen LogP contribution in [0, 0.1) is 0 Å². The van der Waals surface area contributed by atoms with Crippen molar-refractivity contribution in [2.45, 2.75) is 11.4 Å². The third kappa shape index (κ3) is 3.03. The third-order valence-corrected chi connectivity index (χ3v) is 4.85. The number of carbonyl (C=O) groups excluding carboxylic acids is 2. The van der Waals surface area contributed by atoms with Crippen LogP contribution in [-0.2, 0) is 16.1 Å². The quantitative estimate of drug-likeness (QED) is 0.752. The summed E-state index contributed by atoms with van der Waals surface area (Å²) in [4.78, 5) is 36.6. The summed E-state index contributed by atoms with van der Waals surface area (Å²) < 4.78 is 6.39. The standard InChI is InChI=1S/C17H13N3O4S/c21-15(8-20-12-3-1-2-4-13(12)24-17(20)23)18-10-5-6-14-11(7-10)19-16(22)9-25-14/h1-7H,8-9H2,(H,18,21)(H,19,22). The largest absolute Gasteiger partial charge is 0.420 e. The predicted octanol–water partition coefficient (Wildman–Crippen LogP) is 2.28. The second-order valence-electron chi connectivity index (χ2n) is 5.52. The molecule has 7 nitrogen and oxygen atoms in total. The van der Waals surface area contributed by atoms with E-state index in [1.807, 2.05) is 6.07 Å². The summed E-state index contributed by atoms with van der Waals surface area (Å²) in [6.45, 7) is -0.159. The second-order valence-corrected chi connectivity index (χ2v) is 6.53. The average molecular weight is 355 g/mol. The van der Waals surface area contributed by atoms with Gasteiger partial charge in [0.05, 0.1) is 17.0 Å². The summed E-state index contributed by atoms with van der Waals surface area (Å²) in [5.41, 5.74) is 2.22. The van der Waals surface area contributed by atoms with Gasteiger partial charge in [0.15, 0.2) is 5.58 Å². The first-order valence-electron chi connectivity index (χ1n) is 7.55. The van der Waals surface area contributed by atoms with Crippen LogP contribution in [0.15, 0.2) is 56.6 Å². The number of rotatable bonds is 3. The molecule has 2 aromatic carbocycles. The highest BCUT2D eigenvalue weighted by Gasteiger charge is 2.17. The van der Waals surface area contributed by atoms with E-state index in [9.17, 15) is 14.4 Å². The van der Waals surface area contributed by atoms with Crippen LogP contribution in [0.25, 0.3) is 11.1 Å². The van der Waals surface area contributed by atoms with E-state index in [0.717, 1.165) is 4.90 Å². The molecule has 2 amide bonds. The molecule has 1 aliphatic rings. The number of aromatic nitrogens is 1. The Hall–Kier alpha value is -3.00. The number of hydrogen-bond donors (Lipinski definition) is 2. The van der Waals surface area contributed by atoms with Crippen molar-refractivity contribution in [1.82, 2.24) is 4.57 Å². The number of hydrogen-bond acceptors (Lipinski definition) is 5. The van der Waals surface area contributed by atoms with Gasteiger partial charge in [0.25, 0.3) is 0 Å². The Kier molecular flexibility index (Phi) is 3.81. The monoisotopic (exact) mass is 355 g/mol. The number of para-hydroxylation sites is 2. The molecule has 126 valence electrons. The normalized spacial score (nSPS) is 13.4. The first-order chi connectivity index (χ1) is 12.1. The minimum Gasteiger partial charge on any atom is -0.408 e. The summed E-state index contributed by atoms with van der Waals surface area (Å²) >= 11 is 1.45. The molecule has 3 aromatic rings. The zero-order valence-electron chi connectivity index (χ0n) is 12.9. The average Bonchev–Trinajstić information content (AvgIpc) is 2.90. The molecule has 4 rings (SSSR count). The lowest BCUT2D eigenvalue weighted by Gasteiger charge is -2.17. The van der Waals surface area contributed by atoms with Gasteiger partial charge in [-0.2, -0.15) is 0 Å². The summed E-state index contributed by atoms with van der Waals surface area (Å²) in [6.07, 6.45) is 0. The van der Waals surface area contributed by atoms with E-state index in [1.54, 1.807) is 36.4 Å². The smallest absolute Gasteiger partial charge is 0.408 e. The summed E-state index contributed by atoms with van der Waals surface area (Å²) in [7, 11) is 0. The van der Waals surface area contributed by atoms with Gasteiger partial charge in [0.1, 0.15) is 6.54 Å². The van der Waals surface area contributed by atoms with Crippen molar-refractivity contribution in [3.05, 3.63) is 53.0 Å². The summed E-state index contributed by atoms with van der Waals surface area (Å²) in [5.74, 6) is -0.624. The molecule has 25 heavy (non-hydrogen) atoms. The van der Waals surface area contributed by atoms with Crippen molar-refractivity contribution >= 4 is 46.1 Å². The number of fused-ring (bicyclic) bond motifs is 2. The second kappa shape index (κ2) is 6.14. The number of benzene rings is 2. The number of amides is 2. The third-order valence-electron chi connectivity index (χ3n) is 3.77. The number of nitrogens with one attached hydrogen (secondary N) is 2. The Bertz CT molecular complexity index is 1050. The van der Waals surface area contributed by atoms with Crippen LogP contribution in [0.3, 0.4) is 0 Å². The zero-order chi connectivity index (χ0) is 17.4. The van der Waals surface area contributed by atoms with Crippen molar-refractivity contribution in [3.63, 3.8) is 0 Å². The SMILES string of the molecule is O=C(Cn1c(=O)oc2ccccc21)Nc1ccc2c(c1)NC(=O)CS2. The fourth-order valence-corrected chi connectivity index (χ4v) is 3.46. The highest BCUT2D eigenvalue weighted by molar-refractivity contribution is 8.00. The van der Waals surface area contributed by atoms with Crippen molar-refractivity contribution in [2.75, 3.05) is 16.4 Å². The highest BCUT2D eigenvalue weighted by Crippen LogP contribution is 2.33. The van der Waals surface area contributed by atoms with Gasteiger partial charge in [-0.3, -0.25) is 14.2 Å². The zero-order valence-corrected chi connectivity index (χ0v) is 13.8. The maximum atomic E-state index is 12.3. The van der Waals surface area contributed by atoms with E-state index in [1.165, 1.54) is 16.3 Å². The predicted molar refractivity (Wildman–Crippen MR) is 94.9 cm³/mol. The maximum Gasteiger partial charge on any atom is 0.420 e. The van der Waals surface area contributed by atoms with E-state index in [4.69, 9.17) is 4.42 Å². The van der Waals surface area contributed by atoms with Crippen LogP contribution in [0.5, 0.6) is 0 Å². The van der Waals surface area contributed by atoms with Crippen LogP contribution in [-0.4, -0.2) is 22.1 Å². The molecule has 0 atom stereocenters. The van der Waals surface area contributed by atoms with Gasteiger partial charge in [-0.1, -0.05) is 12.1 Å². The summed E-state index contributed by atoms with van der Waals surface area (Å²) in [5, 5.41) is 5.51. The lowest BCUT2D eigenvalue weighted by Crippen LogP contribution is -2.25. The van der Waals surface area contributed by atoms with Crippen LogP contribution < -0.4 is 16.4 Å². The van der Waals surface area contributed by atoms with E-state index in [0.29, 0.717) is 28.2 Å². The maximum absolute atomic E-state index is 12.3. The number of nitrogens with zero attached hydrogens (tertiary/aromatic N) is 1. The van der Waals surface area contributed by atoms with Gasteiger partial charge in [-0.25, -0.2) is 4.79 Å². The Balaban J connectivity index is 1.54. The molecule has 0 saturated heterocycles. The van der Waals surface area contributed by atoms with Crippen LogP contribution in [0.4, 0.5) is 11.4 Å². The number of anilines is 2. The van der Waals surface area contributed by atoms with Crippen LogP contribution in [0.2, 0.25) is 0 Å². The van der Waals surface area contributed by atoms with E-state index in [-0.39, 0.29) is 18.4 Å². The van der Waals surface area contributed by atoms with E-state index in [2.05, 4.69) is 10.6 Å². The van der Waals surface area contributed by atoms with Crippen molar-refractivity contribution in [3.8, 4) is 0 Å². The first kappa shape index (κ1) is 15.5. The highest BCUT2D eigenvalue weighted by atomic mass is 32.2. The number of carbonyl (C=O) groups is 2. The Morgan fingerprint density at radius 1 is 1.24 bits per heavy atom. The van der Waals surface area contributed by atoms with Crippen LogP contribution >= 0.6 is 11.8 Å². The van der Waals surface area contributed by atoms with Gasteiger partial charge in [0, 0.05) is 10.6 Å². The molecule has 0 aliphatic carbocycles. The minimum atomic E-state index is -0.578. The number of thioether (sulfide) groups is 1. The summed E-state index contributed by atoms with van der Waals surface area (Å²) in [6, 6.07) is 12.2. The van der Waals surface area contributed by atoms with Crippen molar-refractivity contribution in [1.29, 1.82) is 0 Å². The minimum absolute atomic E-state index is 0.0719. The Labute approximate surface area is 146 Å². The molecular weight excluding hydrogens is 342 g/mol. The molecule has 0 radical (unpaired) electrons. The molecule has 1 aliphatic heterocycles. The topological polar surface area (TPSA) is 93.3 Å². The molecule has 0 saturated carbocycles. The Morgan fingerprint density at radius 2 is 2.08 bits per heavy atom. The lowest BCUT2D eigenvalue weighted by molar-refractivity contribution is -0.117. The first-order valence-corrected chi connectivity index (χ1v) is 8.53. The molecule has 0 spiro atoms. The Morgan fingerprint density at radius 3 is 2.96 bits per heavy atom. The fraction of sp³-hybridized carbons (Fsp3) is 0.118. The van der Waals surface area contributed by atoms with Crippen LogP contribution in [0.1, 0.15) is 0 Å². The molecule has 0 bridgehead atoms. The molecule has 1 aromatic heterocycles. The van der Waals surface area contributed by atoms with Gasteiger partial charge in [-0.05, 0) is 30.3 Å². The van der Waals surface area contributed by atoms with Gasteiger partial charge in [0.2, 0.25) is 11.8 Å². The molecule has 0 fully saturated rings. The van der Waals surface area contributed by atoms with E-state index < -0.39 is 5.76 Å². The molecule has 2 N–H and O–H groups in total.